The van der Waals surface area contributed by atoms with E-state index in [2.05, 4.69) is 15.5 Å². The Morgan fingerprint density at radius 2 is 1.87 bits per heavy atom. The van der Waals surface area contributed by atoms with Gasteiger partial charge in [-0.1, -0.05) is 82.7 Å². The van der Waals surface area contributed by atoms with Crippen molar-refractivity contribution in [2.75, 3.05) is 22.4 Å². The molecule has 0 aliphatic carbocycles. The summed E-state index contributed by atoms with van der Waals surface area (Å²) in [6, 6.07) is 14.5. The van der Waals surface area contributed by atoms with Crippen LogP contribution in [0.2, 0.25) is 10.0 Å². The Morgan fingerprint density at radius 3 is 2.57 bits per heavy atom. The van der Waals surface area contributed by atoms with Crippen molar-refractivity contribution in [2.45, 2.75) is 10.1 Å². The number of sulfonamides is 1. The molecule has 2 aromatic carbocycles. The number of aromatic nitrogens is 2. The number of halogens is 2. The third kappa shape index (κ3) is 6.08. The van der Waals surface area contributed by atoms with Crippen molar-refractivity contribution >= 4 is 73.0 Å². The van der Waals surface area contributed by atoms with E-state index in [0.717, 1.165) is 21.9 Å². The van der Waals surface area contributed by atoms with Gasteiger partial charge in [0.1, 0.15) is 6.54 Å². The molecule has 158 valence electrons. The van der Waals surface area contributed by atoms with Crippen molar-refractivity contribution in [3.05, 3.63) is 64.1 Å². The largest absolute Gasteiger partial charge is 0.299 e. The quantitative estimate of drug-likeness (QED) is 0.359. The normalized spacial score (nSPS) is 11.3. The molecule has 1 aromatic heterocycles. The van der Waals surface area contributed by atoms with Crippen LogP contribution in [-0.4, -0.2) is 37.3 Å². The van der Waals surface area contributed by atoms with Crippen molar-refractivity contribution in [1.29, 1.82) is 0 Å². The van der Waals surface area contributed by atoms with Crippen LogP contribution in [0.15, 0.2) is 52.9 Å². The molecule has 0 saturated heterocycles. The zero-order valence-corrected chi connectivity index (χ0v) is 19.5. The number of nitrogens with one attached hydrogen (secondary N) is 1. The van der Waals surface area contributed by atoms with Crippen LogP contribution in [0.3, 0.4) is 0 Å². The molecule has 0 spiro atoms. The predicted octanol–water partition coefficient (Wildman–Crippen LogP) is 4.54. The number of hydrogen-bond acceptors (Lipinski definition) is 7. The molecule has 0 atom stereocenters. The van der Waals surface area contributed by atoms with Gasteiger partial charge in [0.15, 0.2) is 4.34 Å². The Kier molecular flexibility index (Phi) is 7.59. The Bertz CT molecular complexity index is 1140. The maximum atomic E-state index is 12.5. The molecule has 12 heteroatoms. The van der Waals surface area contributed by atoms with E-state index in [1.54, 1.807) is 6.07 Å². The van der Waals surface area contributed by atoms with E-state index in [1.807, 2.05) is 30.3 Å². The zero-order chi connectivity index (χ0) is 21.7. The number of amides is 1. The maximum absolute atomic E-state index is 12.5. The summed E-state index contributed by atoms with van der Waals surface area (Å²) in [5.41, 5.74) is 1.27. The molecule has 0 bridgehead atoms. The van der Waals surface area contributed by atoms with Crippen LogP contribution in [0.5, 0.6) is 0 Å². The maximum Gasteiger partial charge on any atom is 0.246 e. The first kappa shape index (κ1) is 22.8. The van der Waals surface area contributed by atoms with Crippen molar-refractivity contribution in [3.63, 3.8) is 0 Å². The summed E-state index contributed by atoms with van der Waals surface area (Å²) in [6.07, 6.45) is 0.987. The van der Waals surface area contributed by atoms with Crippen LogP contribution in [-0.2, 0) is 20.6 Å². The molecule has 0 aliphatic heterocycles. The number of rotatable bonds is 8. The molecule has 3 rings (SSSR count). The number of nitrogens with zero attached hydrogens (tertiary/aromatic N) is 3. The monoisotopic (exact) mass is 502 g/mol. The number of thioether (sulfide) groups is 1. The second-order valence-corrected chi connectivity index (χ2v) is 10.9. The number of benzene rings is 2. The highest BCUT2D eigenvalue weighted by atomic mass is 35.5. The molecule has 30 heavy (non-hydrogen) atoms. The second kappa shape index (κ2) is 9.97. The first-order chi connectivity index (χ1) is 14.2. The molecular weight excluding hydrogens is 487 g/mol. The number of carbonyl (C=O) groups is 1. The lowest BCUT2D eigenvalue weighted by atomic mass is 10.2. The molecule has 0 radical (unpaired) electrons. The highest BCUT2D eigenvalue weighted by Crippen LogP contribution is 2.34. The fourth-order valence-corrected chi connectivity index (χ4v) is 5.43. The molecule has 3 aromatic rings. The van der Waals surface area contributed by atoms with Crippen LogP contribution in [0.25, 0.3) is 0 Å². The minimum absolute atomic E-state index is 0.0490. The Labute approximate surface area is 192 Å². The lowest BCUT2D eigenvalue weighted by Gasteiger charge is -2.22. The smallest absolute Gasteiger partial charge is 0.246 e. The van der Waals surface area contributed by atoms with Crippen LogP contribution in [0.4, 0.5) is 10.8 Å². The molecule has 1 N–H and O–H groups in total. The van der Waals surface area contributed by atoms with Gasteiger partial charge in [0, 0.05) is 5.75 Å². The molecule has 1 amide bonds. The van der Waals surface area contributed by atoms with Gasteiger partial charge in [-0.3, -0.25) is 14.4 Å². The molecule has 0 aliphatic rings. The van der Waals surface area contributed by atoms with Crippen molar-refractivity contribution in [3.8, 4) is 0 Å². The van der Waals surface area contributed by atoms with Gasteiger partial charge in [0.05, 0.1) is 22.0 Å². The van der Waals surface area contributed by atoms with Crippen molar-refractivity contribution in [2.24, 2.45) is 0 Å². The van der Waals surface area contributed by atoms with E-state index >= 15 is 0 Å². The SMILES string of the molecule is CS(=O)(=O)N(CC(=O)Nc1nnc(SCc2ccccc2)s1)c1cccc(Cl)c1Cl. The molecule has 1 heterocycles. The van der Waals surface area contributed by atoms with Gasteiger partial charge >= 0.3 is 0 Å². The number of hydrogen-bond donors (Lipinski definition) is 1. The van der Waals surface area contributed by atoms with Gasteiger partial charge in [-0.15, -0.1) is 10.2 Å². The minimum Gasteiger partial charge on any atom is -0.299 e. The van der Waals surface area contributed by atoms with E-state index < -0.39 is 22.5 Å². The molecule has 0 saturated carbocycles. The average molecular weight is 503 g/mol. The summed E-state index contributed by atoms with van der Waals surface area (Å²) in [4.78, 5) is 12.5. The minimum atomic E-state index is -3.79. The summed E-state index contributed by atoms with van der Waals surface area (Å²) >= 11 is 14.8. The second-order valence-electron chi connectivity index (χ2n) is 6.04. The lowest BCUT2D eigenvalue weighted by molar-refractivity contribution is -0.114. The molecule has 7 nitrogen and oxygen atoms in total. The van der Waals surface area contributed by atoms with Crippen LogP contribution in [0.1, 0.15) is 5.56 Å². The van der Waals surface area contributed by atoms with Crippen LogP contribution in [0, 0.1) is 0 Å². The first-order valence-electron chi connectivity index (χ1n) is 8.46. The van der Waals surface area contributed by atoms with Gasteiger partial charge in [-0.2, -0.15) is 0 Å². The topological polar surface area (TPSA) is 92.3 Å². The molecular formula is C18H16Cl2N4O3S3. The summed E-state index contributed by atoms with van der Waals surface area (Å²) in [6.45, 7) is -0.481. The third-order valence-electron chi connectivity index (χ3n) is 3.75. The van der Waals surface area contributed by atoms with E-state index in [9.17, 15) is 13.2 Å². The summed E-state index contributed by atoms with van der Waals surface area (Å²) in [7, 11) is -3.79. The van der Waals surface area contributed by atoms with Gasteiger partial charge in [0.2, 0.25) is 21.1 Å². The summed E-state index contributed by atoms with van der Waals surface area (Å²) in [5.74, 6) is 0.144. The fourth-order valence-electron chi connectivity index (χ4n) is 2.39. The summed E-state index contributed by atoms with van der Waals surface area (Å²) in [5, 5.41) is 11.1. The lowest BCUT2D eigenvalue weighted by Crippen LogP contribution is -2.37. The standard InChI is InChI=1S/C18H16Cl2N4O3S3/c1-30(26,27)24(14-9-5-8-13(19)16(14)20)10-15(25)21-17-22-23-18(29-17)28-11-12-6-3-2-4-7-12/h2-9H,10-11H2,1H3,(H,21,22,25). The summed E-state index contributed by atoms with van der Waals surface area (Å²) < 4.78 is 26.0. The van der Waals surface area contributed by atoms with Crippen molar-refractivity contribution < 1.29 is 13.2 Å². The van der Waals surface area contributed by atoms with Gasteiger partial charge in [-0.05, 0) is 17.7 Å². The van der Waals surface area contributed by atoms with Gasteiger partial charge in [0.25, 0.3) is 0 Å². The Hall–Kier alpha value is -1.85. The highest BCUT2D eigenvalue weighted by molar-refractivity contribution is 8.00. The average Bonchev–Trinajstić information content (AvgIpc) is 3.14. The van der Waals surface area contributed by atoms with Crippen molar-refractivity contribution in [1.82, 2.24) is 10.2 Å². The zero-order valence-electron chi connectivity index (χ0n) is 15.6. The van der Waals surface area contributed by atoms with Crippen LogP contribution >= 0.6 is 46.3 Å². The molecule has 0 fully saturated rings. The van der Waals surface area contributed by atoms with Crippen LogP contribution < -0.4 is 9.62 Å². The highest BCUT2D eigenvalue weighted by Gasteiger charge is 2.24. The Morgan fingerprint density at radius 1 is 1.13 bits per heavy atom. The van der Waals surface area contributed by atoms with E-state index in [0.29, 0.717) is 4.34 Å². The van der Waals surface area contributed by atoms with Gasteiger partial charge in [-0.25, -0.2) is 8.42 Å². The first-order valence-corrected chi connectivity index (χ1v) is 12.9. The Balaban J connectivity index is 1.66. The molecule has 0 unspecified atom stereocenters. The number of anilines is 2. The predicted molar refractivity (Wildman–Crippen MR) is 123 cm³/mol. The van der Waals surface area contributed by atoms with E-state index in [1.165, 1.54) is 35.2 Å². The number of carbonyl (C=O) groups excluding carboxylic acids is 1. The van der Waals surface area contributed by atoms with E-state index in [-0.39, 0.29) is 20.9 Å². The third-order valence-corrected chi connectivity index (χ3v) is 7.72. The fraction of sp³-hybridized carbons (Fsp3) is 0.167. The van der Waals surface area contributed by atoms with Gasteiger partial charge < -0.3 is 0 Å². The van der Waals surface area contributed by atoms with E-state index in [4.69, 9.17) is 23.2 Å².